The van der Waals surface area contributed by atoms with Gasteiger partial charge in [0.15, 0.2) is 0 Å². The third-order valence-electron chi connectivity index (χ3n) is 5.37. The number of aryl methyl sites for hydroxylation is 2. The fourth-order valence-corrected chi connectivity index (χ4v) is 3.55. The Bertz CT molecular complexity index is 1230. The Labute approximate surface area is 179 Å². The summed E-state index contributed by atoms with van der Waals surface area (Å²) in [5, 5.41) is 8.70. The number of ether oxygens (including phenoxy) is 1. The van der Waals surface area contributed by atoms with Crippen LogP contribution in [-0.4, -0.2) is 11.1 Å². The molecule has 0 radical (unpaired) electrons. The van der Waals surface area contributed by atoms with Gasteiger partial charge in [-0.1, -0.05) is 47.6 Å². The summed E-state index contributed by atoms with van der Waals surface area (Å²) < 4.78 is 25.4. The van der Waals surface area contributed by atoms with Gasteiger partial charge in [0.1, 0.15) is 23.9 Å². The lowest BCUT2D eigenvalue weighted by Gasteiger charge is -2.17. The highest BCUT2D eigenvalue weighted by atomic mass is 19.1. The Balaban J connectivity index is 1.65. The molecule has 31 heavy (non-hydrogen) atoms. The van der Waals surface area contributed by atoms with E-state index in [1.54, 1.807) is 31.2 Å². The molecule has 0 aliphatic rings. The van der Waals surface area contributed by atoms with Crippen LogP contribution in [0.3, 0.4) is 0 Å². The predicted molar refractivity (Wildman–Crippen MR) is 117 cm³/mol. The second-order valence-corrected chi connectivity index (χ2v) is 7.50. The summed E-state index contributed by atoms with van der Waals surface area (Å²) in [4.78, 5) is 13.2. The first-order valence-electron chi connectivity index (χ1n) is 10.1. The summed E-state index contributed by atoms with van der Waals surface area (Å²) in [5.41, 5.74) is 2.40. The standard InChI is InChI=1S/C25H23FN2O3/c1-15(20-10-6-7-11-23(20)26)27-25(29)21-12-18-8-4-5-9-19(18)13-24(21)30-14-22-16(2)28-31-17(22)3/h4-13,15H,14H2,1-3H3,(H,27,29). The molecule has 1 atom stereocenters. The number of rotatable bonds is 6. The number of nitrogens with one attached hydrogen (secondary N) is 1. The van der Waals surface area contributed by atoms with E-state index in [1.165, 1.54) is 6.07 Å². The van der Waals surface area contributed by atoms with Crippen molar-refractivity contribution in [3.05, 3.63) is 94.6 Å². The van der Waals surface area contributed by atoms with Crippen molar-refractivity contribution in [3.63, 3.8) is 0 Å². The average molecular weight is 418 g/mol. The van der Waals surface area contributed by atoms with E-state index < -0.39 is 6.04 Å². The quantitative estimate of drug-likeness (QED) is 0.439. The molecule has 3 aromatic carbocycles. The van der Waals surface area contributed by atoms with E-state index in [0.29, 0.717) is 22.6 Å². The number of carbonyl (C=O) groups is 1. The highest BCUT2D eigenvalue weighted by Gasteiger charge is 2.19. The van der Waals surface area contributed by atoms with Crippen molar-refractivity contribution < 1.29 is 18.4 Å². The Morgan fingerprint density at radius 2 is 1.77 bits per heavy atom. The topological polar surface area (TPSA) is 64.4 Å². The zero-order valence-electron chi connectivity index (χ0n) is 17.6. The molecule has 5 nitrogen and oxygen atoms in total. The summed E-state index contributed by atoms with van der Waals surface area (Å²) in [7, 11) is 0. The molecule has 4 aromatic rings. The van der Waals surface area contributed by atoms with E-state index >= 15 is 0 Å². The molecule has 1 N–H and O–H groups in total. The van der Waals surface area contributed by atoms with Crippen molar-refractivity contribution in [2.75, 3.05) is 0 Å². The van der Waals surface area contributed by atoms with Crippen LogP contribution in [0.2, 0.25) is 0 Å². The third-order valence-corrected chi connectivity index (χ3v) is 5.37. The SMILES string of the molecule is Cc1noc(C)c1COc1cc2ccccc2cc1C(=O)NC(C)c1ccccc1F. The van der Waals surface area contributed by atoms with Gasteiger partial charge < -0.3 is 14.6 Å². The molecule has 0 fully saturated rings. The van der Waals surface area contributed by atoms with Gasteiger partial charge in [-0.25, -0.2) is 4.39 Å². The van der Waals surface area contributed by atoms with Crippen LogP contribution >= 0.6 is 0 Å². The van der Waals surface area contributed by atoms with Gasteiger partial charge in [0.2, 0.25) is 0 Å². The monoisotopic (exact) mass is 418 g/mol. The highest BCUT2D eigenvalue weighted by molar-refractivity contribution is 6.01. The first kappa shape index (κ1) is 20.6. The third kappa shape index (κ3) is 4.28. The molecule has 0 bridgehead atoms. The minimum absolute atomic E-state index is 0.225. The van der Waals surface area contributed by atoms with Crippen molar-refractivity contribution >= 4 is 16.7 Å². The summed E-state index contributed by atoms with van der Waals surface area (Å²) in [6.07, 6.45) is 0. The number of hydrogen-bond acceptors (Lipinski definition) is 4. The molecule has 0 saturated heterocycles. The van der Waals surface area contributed by atoms with Gasteiger partial charge in [0.25, 0.3) is 5.91 Å². The number of carbonyl (C=O) groups excluding carboxylic acids is 1. The normalized spacial score (nSPS) is 12.0. The van der Waals surface area contributed by atoms with Gasteiger partial charge in [-0.3, -0.25) is 4.79 Å². The maximum atomic E-state index is 14.1. The lowest BCUT2D eigenvalue weighted by Crippen LogP contribution is -2.27. The minimum atomic E-state index is -0.504. The number of amides is 1. The summed E-state index contributed by atoms with van der Waals surface area (Å²) in [6, 6.07) is 17.3. The van der Waals surface area contributed by atoms with Crippen LogP contribution < -0.4 is 10.1 Å². The predicted octanol–water partition coefficient (Wildman–Crippen LogP) is 5.65. The smallest absolute Gasteiger partial charge is 0.255 e. The van der Waals surface area contributed by atoms with E-state index in [9.17, 15) is 9.18 Å². The lowest BCUT2D eigenvalue weighted by molar-refractivity contribution is 0.0935. The van der Waals surface area contributed by atoms with Crippen LogP contribution in [0.4, 0.5) is 4.39 Å². The molecular weight excluding hydrogens is 395 g/mol. The number of fused-ring (bicyclic) bond motifs is 1. The van der Waals surface area contributed by atoms with Gasteiger partial charge in [0.05, 0.1) is 22.9 Å². The first-order valence-corrected chi connectivity index (χ1v) is 10.1. The largest absolute Gasteiger partial charge is 0.488 e. The molecule has 6 heteroatoms. The molecular formula is C25H23FN2O3. The zero-order chi connectivity index (χ0) is 22.0. The molecule has 4 rings (SSSR count). The van der Waals surface area contributed by atoms with Crippen LogP contribution in [0, 0.1) is 19.7 Å². The first-order chi connectivity index (χ1) is 14.9. The lowest BCUT2D eigenvalue weighted by atomic mass is 10.0. The second-order valence-electron chi connectivity index (χ2n) is 7.50. The van der Waals surface area contributed by atoms with Crippen LogP contribution in [0.1, 0.15) is 45.9 Å². The van der Waals surface area contributed by atoms with E-state index in [0.717, 1.165) is 22.0 Å². The van der Waals surface area contributed by atoms with Crippen molar-refractivity contribution in [2.45, 2.75) is 33.4 Å². The Kier molecular flexibility index (Phi) is 5.71. The Hall–Kier alpha value is -3.67. The van der Waals surface area contributed by atoms with Gasteiger partial charge in [-0.2, -0.15) is 0 Å². The van der Waals surface area contributed by atoms with Crippen molar-refractivity contribution in [3.8, 4) is 5.75 Å². The fraction of sp³-hybridized carbons (Fsp3) is 0.200. The Morgan fingerprint density at radius 1 is 1.10 bits per heavy atom. The van der Waals surface area contributed by atoms with Gasteiger partial charge in [-0.15, -0.1) is 0 Å². The van der Waals surface area contributed by atoms with Crippen LogP contribution in [0.5, 0.6) is 5.75 Å². The molecule has 1 amide bonds. The van der Waals surface area contributed by atoms with Crippen molar-refractivity contribution in [1.29, 1.82) is 0 Å². The maximum absolute atomic E-state index is 14.1. The van der Waals surface area contributed by atoms with Crippen LogP contribution in [0.15, 0.2) is 65.2 Å². The Morgan fingerprint density at radius 3 is 2.45 bits per heavy atom. The number of aromatic nitrogens is 1. The van der Waals surface area contributed by atoms with Gasteiger partial charge >= 0.3 is 0 Å². The number of benzene rings is 3. The summed E-state index contributed by atoms with van der Waals surface area (Å²) >= 11 is 0. The average Bonchev–Trinajstić information content (AvgIpc) is 3.09. The molecule has 0 aliphatic heterocycles. The minimum Gasteiger partial charge on any atom is -0.488 e. The summed E-state index contributed by atoms with van der Waals surface area (Å²) in [6.45, 7) is 5.65. The van der Waals surface area contributed by atoms with E-state index in [2.05, 4.69) is 10.5 Å². The molecule has 0 spiro atoms. The van der Waals surface area contributed by atoms with Crippen LogP contribution in [-0.2, 0) is 6.61 Å². The van der Waals surface area contributed by atoms with Crippen LogP contribution in [0.25, 0.3) is 10.8 Å². The van der Waals surface area contributed by atoms with Crippen molar-refractivity contribution in [2.24, 2.45) is 0 Å². The fourth-order valence-electron chi connectivity index (χ4n) is 3.55. The molecule has 0 saturated carbocycles. The summed E-state index contributed by atoms with van der Waals surface area (Å²) in [5.74, 6) is 0.424. The van der Waals surface area contributed by atoms with Crippen molar-refractivity contribution in [1.82, 2.24) is 10.5 Å². The van der Waals surface area contributed by atoms with Gasteiger partial charge in [0, 0.05) is 5.56 Å². The molecule has 1 heterocycles. The van der Waals surface area contributed by atoms with E-state index in [4.69, 9.17) is 9.26 Å². The van der Waals surface area contributed by atoms with E-state index in [1.807, 2.05) is 44.2 Å². The molecule has 1 unspecified atom stereocenters. The number of halogens is 1. The zero-order valence-corrected chi connectivity index (χ0v) is 17.6. The number of nitrogens with zero attached hydrogens (tertiary/aromatic N) is 1. The molecule has 0 aliphatic carbocycles. The molecule has 158 valence electrons. The molecule has 1 aromatic heterocycles. The van der Waals surface area contributed by atoms with Gasteiger partial charge in [-0.05, 0) is 49.7 Å². The second kappa shape index (κ2) is 8.60. The maximum Gasteiger partial charge on any atom is 0.255 e. The van der Waals surface area contributed by atoms with E-state index in [-0.39, 0.29) is 18.3 Å². The highest BCUT2D eigenvalue weighted by Crippen LogP contribution is 2.28. The number of hydrogen-bond donors (Lipinski definition) is 1.